The van der Waals surface area contributed by atoms with Gasteiger partial charge in [-0.05, 0) is 0 Å². The zero-order valence-corrected chi connectivity index (χ0v) is 11.3. The first kappa shape index (κ1) is 12.9. The Morgan fingerprint density at radius 3 is 2.65 bits per heavy atom. The monoisotopic (exact) mass is 288 g/mol. The maximum atomic E-state index is 5.68. The molecule has 20 heavy (non-hydrogen) atoms. The van der Waals surface area contributed by atoms with E-state index in [1.807, 2.05) is 30.3 Å². The van der Waals surface area contributed by atoms with E-state index in [1.165, 1.54) is 11.8 Å². The van der Waals surface area contributed by atoms with Crippen LogP contribution in [0.1, 0.15) is 11.8 Å². The van der Waals surface area contributed by atoms with Gasteiger partial charge >= 0.3 is 0 Å². The van der Waals surface area contributed by atoms with Crippen molar-refractivity contribution in [2.75, 3.05) is 0 Å². The molecule has 0 unspecified atom stereocenters. The van der Waals surface area contributed by atoms with Crippen molar-refractivity contribution in [2.45, 2.75) is 17.5 Å². The molecule has 2 heterocycles. The van der Waals surface area contributed by atoms with Gasteiger partial charge in [0.05, 0.1) is 18.5 Å². The van der Waals surface area contributed by atoms with Crippen molar-refractivity contribution in [3.63, 3.8) is 0 Å². The number of nitrogens with zero attached hydrogens (tertiary/aromatic N) is 3. The SMILES string of the molecule is NCc1nnc(SCc2ncc(-c3ccccc3)o2)o1. The normalized spacial score (nSPS) is 10.8. The van der Waals surface area contributed by atoms with E-state index in [9.17, 15) is 0 Å². The van der Waals surface area contributed by atoms with Gasteiger partial charge in [-0.3, -0.25) is 0 Å². The average Bonchev–Trinajstić information content (AvgIpc) is 3.15. The predicted octanol–water partition coefficient (Wildman–Crippen LogP) is 2.48. The lowest BCUT2D eigenvalue weighted by molar-refractivity contribution is 0.414. The summed E-state index contributed by atoms with van der Waals surface area (Å²) < 4.78 is 11.0. The molecule has 0 saturated heterocycles. The van der Waals surface area contributed by atoms with Gasteiger partial charge in [-0.2, -0.15) is 0 Å². The van der Waals surface area contributed by atoms with Crippen LogP contribution in [-0.4, -0.2) is 15.2 Å². The molecule has 0 saturated carbocycles. The minimum Gasteiger partial charge on any atom is -0.440 e. The molecule has 0 radical (unpaired) electrons. The van der Waals surface area contributed by atoms with Crippen LogP contribution in [0.25, 0.3) is 11.3 Å². The molecule has 0 aliphatic carbocycles. The highest BCUT2D eigenvalue weighted by molar-refractivity contribution is 7.98. The first-order valence-electron chi connectivity index (χ1n) is 6.00. The molecule has 3 aromatic rings. The number of aromatic nitrogens is 3. The molecule has 0 aliphatic rings. The zero-order valence-electron chi connectivity index (χ0n) is 10.5. The number of hydrogen-bond donors (Lipinski definition) is 1. The van der Waals surface area contributed by atoms with E-state index in [2.05, 4.69) is 15.2 Å². The third kappa shape index (κ3) is 2.89. The summed E-state index contributed by atoms with van der Waals surface area (Å²) in [5, 5.41) is 8.11. The van der Waals surface area contributed by atoms with Crippen LogP contribution in [0.2, 0.25) is 0 Å². The maximum absolute atomic E-state index is 5.68. The fourth-order valence-corrected chi connectivity index (χ4v) is 2.25. The molecule has 0 bridgehead atoms. The highest BCUT2D eigenvalue weighted by Gasteiger charge is 2.10. The molecule has 0 fully saturated rings. The summed E-state index contributed by atoms with van der Waals surface area (Å²) in [7, 11) is 0. The Labute approximate surface area is 119 Å². The molecule has 2 aromatic heterocycles. The van der Waals surface area contributed by atoms with Crippen molar-refractivity contribution in [2.24, 2.45) is 5.73 Å². The second-order valence-corrected chi connectivity index (χ2v) is 4.87. The van der Waals surface area contributed by atoms with E-state index < -0.39 is 0 Å². The molecule has 0 spiro atoms. The summed E-state index contributed by atoms with van der Waals surface area (Å²) in [5.74, 6) is 2.31. The van der Waals surface area contributed by atoms with E-state index in [0.29, 0.717) is 22.8 Å². The molecular formula is C13H12N4O2S. The highest BCUT2D eigenvalue weighted by Crippen LogP contribution is 2.24. The number of oxazole rings is 1. The number of nitrogens with two attached hydrogens (primary N) is 1. The molecule has 0 aliphatic heterocycles. The third-order valence-corrected chi connectivity index (χ3v) is 3.36. The fraction of sp³-hybridized carbons (Fsp3) is 0.154. The van der Waals surface area contributed by atoms with Crippen molar-refractivity contribution in [1.29, 1.82) is 0 Å². The standard InChI is InChI=1S/C13H12N4O2S/c14-6-11-16-17-13(19-11)20-8-12-15-7-10(18-12)9-4-2-1-3-5-9/h1-5,7H,6,8,14H2. The summed E-state index contributed by atoms with van der Waals surface area (Å²) >= 11 is 1.37. The van der Waals surface area contributed by atoms with Crippen molar-refractivity contribution in [3.05, 3.63) is 48.3 Å². The van der Waals surface area contributed by atoms with E-state index in [-0.39, 0.29) is 6.54 Å². The quantitative estimate of drug-likeness (QED) is 0.721. The summed E-state index contributed by atoms with van der Waals surface area (Å²) in [6.07, 6.45) is 1.71. The first-order valence-corrected chi connectivity index (χ1v) is 6.99. The largest absolute Gasteiger partial charge is 0.440 e. The summed E-state index contributed by atoms with van der Waals surface area (Å²) in [4.78, 5) is 4.23. The summed E-state index contributed by atoms with van der Waals surface area (Å²) in [6.45, 7) is 0.241. The number of benzene rings is 1. The second kappa shape index (κ2) is 5.89. The molecule has 0 atom stereocenters. The van der Waals surface area contributed by atoms with Gasteiger partial charge in [0, 0.05) is 5.56 Å². The van der Waals surface area contributed by atoms with Crippen molar-refractivity contribution >= 4 is 11.8 Å². The molecule has 3 rings (SSSR count). The number of rotatable bonds is 5. The Morgan fingerprint density at radius 2 is 1.90 bits per heavy atom. The van der Waals surface area contributed by atoms with Crippen molar-refractivity contribution < 1.29 is 8.83 Å². The predicted molar refractivity (Wildman–Crippen MR) is 73.7 cm³/mol. The van der Waals surface area contributed by atoms with Crippen LogP contribution in [0, 0.1) is 0 Å². The third-order valence-electron chi connectivity index (χ3n) is 2.55. The van der Waals surface area contributed by atoms with Crippen LogP contribution in [-0.2, 0) is 12.3 Å². The Balaban J connectivity index is 1.65. The van der Waals surface area contributed by atoms with Gasteiger partial charge < -0.3 is 14.6 Å². The van der Waals surface area contributed by atoms with Crippen LogP contribution in [0.5, 0.6) is 0 Å². The smallest absolute Gasteiger partial charge is 0.277 e. The zero-order chi connectivity index (χ0) is 13.8. The molecule has 0 amide bonds. The Morgan fingerprint density at radius 1 is 1.05 bits per heavy atom. The van der Waals surface area contributed by atoms with Crippen molar-refractivity contribution in [3.8, 4) is 11.3 Å². The minimum absolute atomic E-state index is 0.241. The van der Waals surface area contributed by atoms with Crippen LogP contribution >= 0.6 is 11.8 Å². The van der Waals surface area contributed by atoms with Gasteiger partial charge in [-0.15, -0.1) is 10.2 Å². The van der Waals surface area contributed by atoms with Crippen molar-refractivity contribution in [1.82, 2.24) is 15.2 Å². The second-order valence-electron chi connectivity index (χ2n) is 3.94. The summed E-state index contributed by atoms with van der Waals surface area (Å²) in [6, 6.07) is 9.82. The fourth-order valence-electron chi connectivity index (χ4n) is 1.62. The lowest BCUT2D eigenvalue weighted by Gasteiger charge is -1.94. The Bertz CT molecular complexity index is 681. The van der Waals surface area contributed by atoms with E-state index in [0.717, 1.165) is 11.3 Å². The molecule has 2 N–H and O–H groups in total. The van der Waals surface area contributed by atoms with Crippen LogP contribution in [0.4, 0.5) is 0 Å². The highest BCUT2D eigenvalue weighted by atomic mass is 32.2. The number of thioether (sulfide) groups is 1. The van der Waals surface area contributed by atoms with E-state index >= 15 is 0 Å². The minimum atomic E-state index is 0.241. The van der Waals surface area contributed by atoms with Crippen LogP contribution in [0.15, 0.2) is 50.6 Å². The Hall–Kier alpha value is -2.12. The van der Waals surface area contributed by atoms with Gasteiger partial charge in [0.15, 0.2) is 5.76 Å². The number of hydrogen-bond acceptors (Lipinski definition) is 7. The lowest BCUT2D eigenvalue weighted by atomic mass is 10.2. The van der Waals surface area contributed by atoms with E-state index in [1.54, 1.807) is 6.20 Å². The topological polar surface area (TPSA) is 91.0 Å². The van der Waals surface area contributed by atoms with Gasteiger partial charge in [0.25, 0.3) is 5.22 Å². The molecule has 102 valence electrons. The molecular weight excluding hydrogens is 276 g/mol. The lowest BCUT2D eigenvalue weighted by Crippen LogP contribution is -1.95. The maximum Gasteiger partial charge on any atom is 0.277 e. The first-order chi connectivity index (χ1) is 9.85. The van der Waals surface area contributed by atoms with Gasteiger partial charge in [0.1, 0.15) is 0 Å². The average molecular weight is 288 g/mol. The van der Waals surface area contributed by atoms with Gasteiger partial charge in [-0.25, -0.2) is 4.98 Å². The van der Waals surface area contributed by atoms with Crippen LogP contribution in [0.3, 0.4) is 0 Å². The van der Waals surface area contributed by atoms with Crippen LogP contribution < -0.4 is 5.73 Å². The van der Waals surface area contributed by atoms with Gasteiger partial charge in [0.2, 0.25) is 11.8 Å². The molecule has 1 aromatic carbocycles. The van der Waals surface area contributed by atoms with E-state index in [4.69, 9.17) is 14.6 Å². The summed E-state index contributed by atoms with van der Waals surface area (Å²) in [5.41, 5.74) is 6.40. The Kier molecular flexibility index (Phi) is 3.80. The van der Waals surface area contributed by atoms with Gasteiger partial charge in [-0.1, -0.05) is 42.1 Å². The molecule has 7 heteroatoms. The molecule has 6 nitrogen and oxygen atoms in total.